The van der Waals surface area contributed by atoms with E-state index < -0.39 is 0 Å². The molecule has 0 amide bonds. The van der Waals surface area contributed by atoms with Crippen LogP contribution in [0, 0.1) is 5.92 Å². The first-order valence-electron chi connectivity index (χ1n) is 6.60. The normalized spacial score (nSPS) is 16.5. The average Bonchev–Trinajstić information content (AvgIpc) is 2.38. The molecule has 1 aromatic rings. The molecule has 0 fully saturated rings. The lowest BCUT2D eigenvalue weighted by molar-refractivity contribution is 0.250. The Hall–Kier alpha value is -0.860. The van der Waals surface area contributed by atoms with E-state index in [1.165, 1.54) is 12.0 Å². The van der Waals surface area contributed by atoms with Gasteiger partial charge in [-0.1, -0.05) is 50.6 Å². The number of rotatable bonds is 7. The maximum absolute atomic E-state index is 9.17. The molecule has 1 aromatic carbocycles. The van der Waals surface area contributed by atoms with Gasteiger partial charge < -0.3 is 10.4 Å². The molecular weight excluding hydrogens is 210 g/mol. The van der Waals surface area contributed by atoms with Crippen molar-refractivity contribution in [2.75, 3.05) is 6.61 Å². The molecular formula is C15H25NO. The highest BCUT2D eigenvalue weighted by atomic mass is 16.3. The lowest BCUT2D eigenvalue weighted by Crippen LogP contribution is -2.35. The third kappa shape index (κ3) is 4.49. The molecule has 0 aliphatic heterocycles. The molecule has 17 heavy (non-hydrogen) atoms. The van der Waals surface area contributed by atoms with Crippen molar-refractivity contribution in [3.8, 4) is 0 Å². The fourth-order valence-corrected chi connectivity index (χ4v) is 2.00. The van der Waals surface area contributed by atoms with E-state index in [4.69, 9.17) is 5.11 Å². The Bertz CT molecular complexity index is 299. The second-order valence-electron chi connectivity index (χ2n) is 4.82. The molecule has 3 atom stereocenters. The minimum Gasteiger partial charge on any atom is -0.396 e. The summed E-state index contributed by atoms with van der Waals surface area (Å²) >= 11 is 0. The van der Waals surface area contributed by atoms with Crippen molar-refractivity contribution < 1.29 is 5.11 Å². The van der Waals surface area contributed by atoms with Crippen LogP contribution in [-0.2, 0) is 0 Å². The summed E-state index contributed by atoms with van der Waals surface area (Å²) in [5, 5.41) is 12.8. The minimum absolute atomic E-state index is 0.222. The van der Waals surface area contributed by atoms with Crippen molar-refractivity contribution in [1.82, 2.24) is 5.32 Å². The summed E-state index contributed by atoms with van der Waals surface area (Å²) in [6.07, 6.45) is 1.94. The topological polar surface area (TPSA) is 32.3 Å². The monoisotopic (exact) mass is 235 g/mol. The highest BCUT2D eigenvalue weighted by Crippen LogP contribution is 2.19. The third-order valence-electron chi connectivity index (χ3n) is 3.58. The number of aliphatic hydroxyl groups excluding tert-OH is 1. The molecule has 96 valence electrons. The van der Waals surface area contributed by atoms with Crippen LogP contribution in [0.2, 0.25) is 0 Å². The van der Waals surface area contributed by atoms with Crippen LogP contribution in [-0.4, -0.2) is 17.8 Å². The lowest BCUT2D eigenvalue weighted by Gasteiger charge is -2.27. The number of hydrogen-bond acceptors (Lipinski definition) is 2. The maximum Gasteiger partial charge on any atom is 0.0449 e. The van der Waals surface area contributed by atoms with Crippen LogP contribution in [0.4, 0.5) is 0 Å². The summed E-state index contributed by atoms with van der Waals surface area (Å²) in [5.41, 5.74) is 1.26. The Labute approximate surface area is 105 Å². The van der Waals surface area contributed by atoms with E-state index in [1.54, 1.807) is 0 Å². The Morgan fingerprint density at radius 1 is 1.18 bits per heavy atom. The summed E-state index contributed by atoms with van der Waals surface area (Å²) in [6.45, 7) is 6.92. The van der Waals surface area contributed by atoms with E-state index >= 15 is 0 Å². The molecule has 2 N–H and O–H groups in total. The molecule has 0 aliphatic rings. The third-order valence-corrected chi connectivity index (χ3v) is 3.58. The van der Waals surface area contributed by atoms with E-state index in [0.29, 0.717) is 12.0 Å². The molecule has 2 unspecified atom stereocenters. The molecule has 0 bridgehead atoms. The smallest absolute Gasteiger partial charge is 0.0449 e. The molecule has 0 heterocycles. The second kappa shape index (κ2) is 7.46. The van der Waals surface area contributed by atoms with Gasteiger partial charge in [-0.2, -0.15) is 0 Å². The van der Waals surface area contributed by atoms with Crippen LogP contribution in [0.1, 0.15) is 45.2 Å². The molecule has 0 saturated heterocycles. The Balaban J connectivity index is 2.67. The van der Waals surface area contributed by atoms with Gasteiger partial charge in [0, 0.05) is 18.7 Å². The number of nitrogens with one attached hydrogen (secondary N) is 1. The number of hydrogen-bond donors (Lipinski definition) is 2. The molecule has 1 rings (SSSR count). The predicted molar refractivity (Wildman–Crippen MR) is 72.9 cm³/mol. The SMILES string of the molecule is CCC(C)C(C)N[C@H](CCO)c1ccccc1. The van der Waals surface area contributed by atoms with Crippen molar-refractivity contribution in [2.24, 2.45) is 5.92 Å². The predicted octanol–water partition coefficient (Wildman–Crippen LogP) is 3.13. The largest absolute Gasteiger partial charge is 0.396 e. The summed E-state index contributed by atoms with van der Waals surface area (Å²) in [5.74, 6) is 0.653. The standard InChI is InChI=1S/C15H25NO/c1-4-12(2)13(3)16-15(10-11-17)14-8-6-5-7-9-14/h5-9,12-13,15-17H,4,10-11H2,1-3H3/t12?,13?,15-/m1/s1. The fourth-order valence-electron chi connectivity index (χ4n) is 2.00. The first-order chi connectivity index (χ1) is 8.19. The van der Waals surface area contributed by atoms with Crippen LogP contribution >= 0.6 is 0 Å². The van der Waals surface area contributed by atoms with E-state index in [2.05, 4.69) is 50.4 Å². The number of benzene rings is 1. The van der Waals surface area contributed by atoms with Gasteiger partial charge in [0.25, 0.3) is 0 Å². The minimum atomic E-state index is 0.222. The molecule has 0 spiro atoms. The van der Waals surface area contributed by atoms with Gasteiger partial charge in [-0.15, -0.1) is 0 Å². The summed E-state index contributed by atoms with van der Waals surface area (Å²) in [7, 11) is 0. The van der Waals surface area contributed by atoms with Crippen LogP contribution in [0.3, 0.4) is 0 Å². The van der Waals surface area contributed by atoms with Crippen molar-refractivity contribution in [1.29, 1.82) is 0 Å². The van der Waals surface area contributed by atoms with Gasteiger partial charge in [-0.05, 0) is 24.8 Å². The quantitative estimate of drug-likeness (QED) is 0.761. The van der Waals surface area contributed by atoms with Crippen LogP contribution < -0.4 is 5.32 Å². The molecule has 0 aromatic heterocycles. The molecule has 2 heteroatoms. The Morgan fingerprint density at radius 2 is 1.82 bits per heavy atom. The van der Waals surface area contributed by atoms with Gasteiger partial charge >= 0.3 is 0 Å². The van der Waals surface area contributed by atoms with Gasteiger partial charge in [0.05, 0.1) is 0 Å². The molecule has 0 radical (unpaired) electrons. The zero-order valence-electron chi connectivity index (χ0n) is 11.2. The van der Waals surface area contributed by atoms with Crippen molar-refractivity contribution in [3.63, 3.8) is 0 Å². The summed E-state index contributed by atoms with van der Waals surface area (Å²) in [4.78, 5) is 0. The summed E-state index contributed by atoms with van der Waals surface area (Å²) < 4.78 is 0. The van der Waals surface area contributed by atoms with Crippen molar-refractivity contribution >= 4 is 0 Å². The average molecular weight is 235 g/mol. The molecule has 2 nitrogen and oxygen atoms in total. The van der Waals surface area contributed by atoms with Gasteiger partial charge in [-0.25, -0.2) is 0 Å². The molecule has 0 aliphatic carbocycles. The maximum atomic E-state index is 9.17. The lowest BCUT2D eigenvalue weighted by atomic mass is 9.97. The van der Waals surface area contributed by atoms with E-state index in [9.17, 15) is 0 Å². The van der Waals surface area contributed by atoms with Gasteiger partial charge in [-0.3, -0.25) is 0 Å². The van der Waals surface area contributed by atoms with Crippen LogP contribution in [0.25, 0.3) is 0 Å². The van der Waals surface area contributed by atoms with Gasteiger partial charge in [0.15, 0.2) is 0 Å². The highest BCUT2D eigenvalue weighted by Gasteiger charge is 2.16. The fraction of sp³-hybridized carbons (Fsp3) is 0.600. The zero-order chi connectivity index (χ0) is 12.7. The van der Waals surface area contributed by atoms with Gasteiger partial charge in [0.2, 0.25) is 0 Å². The van der Waals surface area contributed by atoms with Crippen molar-refractivity contribution in [3.05, 3.63) is 35.9 Å². The Kier molecular flexibility index (Phi) is 6.23. The van der Waals surface area contributed by atoms with E-state index in [0.717, 1.165) is 6.42 Å². The van der Waals surface area contributed by atoms with E-state index in [-0.39, 0.29) is 12.6 Å². The number of aliphatic hydroxyl groups is 1. The first kappa shape index (κ1) is 14.2. The molecule has 0 saturated carbocycles. The van der Waals surface area contributed by atoms with E-state index in [1.807, 2.05) is 6.07 Å². The second-order valence-corrected chi connectivity index (χ2v) is 4.82. The Morgan fingerprint density at radius 3 is 2.35 bits per heavy atom. The first-order valence-corrected chi connectivity index (χ1v) is 6.60. The van der Waals surface area contributed by atoms with Crippen molar-refractivity contribution in [2.45, 2.75) is 45.7 Å². The van der Waals surface area contributed by atoms with Crippen LogP contribution in [0.15, 0.2) is 30.3 Å². The highest BCUT2D eigenvalue weighted by molar-refractivity contribution is 5.19. The summed E-state index contributed by atoms with van der Waals surface area (Å²) in [6, 6.07) is 11.1. The zero-order valence-corrected chi connectivity index (χ0v) is 11.2. The van der Waals surface area contributed by atoms with Crippen LogP contribution in [0.5, 0.6) is 0 Å². The van der Waals surface area contributed by atoms with Gasteiger partial charge in [0.1, 0.15) is 0 Å².